The van der Waals surface area contributed by atoms with Crippen LogP contribution in [0.4, 0.5) is 0 Å². The zero-order valence-electron chi connectivity index (χ0n) is 10.7. The molecule has 1 rings (SSSR count). The fourth-order valence-electron chi connectivity index (χ4n) is 1.77. The number of nitrogens with one attached hydrogen (secondary N) is 1. The first-order chi connectivity index (χ1) is 7.54. The van der Waals surface area contributed by atoms with Crippen molar-refractivity contribution in [2.75, 3.05) is 6.54 Å². The molecule has 16 heavy (non-hydrogen) atoms. The summed E-state index contributed by atoms with van der Waals surface area (Å²) in [7, 11) is 0. The van der Waals surface area contributed by atoms with E-state index in [1.807, 2.05) is 0 Å². The van der Waals surface area contributed by atoms with Gasteiger partial charge in [-0.05, 0) is 25.2 Å². The highest BCUT2D eigenvalue weighted by Crippen LogP contribution is 2.31. The Kier molecular flexibility index (Phi) is 5.26. The molecule has 0 unspecified atom stereocenters. The second-order valence-electron chi connectivity index (χ2n) is 5.51. The number of unbranched alkanes of at least 4 members (excludes halogenated alkanes) is 3. The topological polar surface area (TPSA) is 55.1 Å². The molecule has 0 bridgehead atoms. The molecule has 3 N–H and O–H groups in total. The first-order valence-electron chi connectivity index (χ1n) is 6.62. The van der Waals surface area contributed by atoms with Gasteiger partial charge in [-0.15, -0.1) is 0 Å². The third kappa shape index (κ3) is 4.97. The van der Waals surface area contributed by atoms with Gasteiger partial charge in [0.25, 0.3) is 0 Å². The maximum atomic E-state index is 11.5. The SMILES string of the molecule is CC(C)CCCCCCNC(=O)C1(N)CC1. The summed E-state index contributed by atoms with van der Waals surface area (Å²) >= 11 is 0. The Morgan fingerprint density at radius 1 is 1.25 bits per heavy atom. The molecule has 0 spiro atoms. The van der Waals surface area contributed by atoms with Gasteiger partial charge in [0.05, 0.1) is 5.54 Å². The summed E-state index contributed by atoms with van der Waals surface area (Å²) in [5, 5.41) is 2.92. The molecular weight excluding hydrogens is 200 g/mol. The molecule has 0 atom stereocenters. The molecule has 0 heterocycles. The van der Waals surface area contributed by atoms with E-state index in [1.54, 1.807) is 0 Å². The minimum absolute atomic E-state index is 0.0506. The molecule has 1 amide bonds. The summed E-state index contributed by atoms with van der Waals surface area (Å²) in [6, 6.07) is 0. The monoisotopic (exact) mass is 226 g/mol. The second kappa shape index (κ2) is 6.24. The van der Waals surface area contributed by atoms with Crippen LogP contribution in [0.15, 0.2) is 0 Å². The zero-order valence-corrected chi connectivity index (χ0v) is 10.7. The van der Waals surface area contributed by atoms with E-state index in [9.17, 15) is 4.79 Å². The van der Waals surface area contributed by atoms with E-state index in [-0.39, 0.29) is 5.91 Å². The second-order valence-corrected chi connectivity index (χ2v) is 5.51. The lowest BCUT2D eigenvalue weighted by Crippen LogP contribution is -2.42. The van der Waals surface area contributed by atoms with Gasteiger partial charge in [-0.3, -0.25) is 4.79 Å². The molecule has 1 aliphatic carbocycles. The average molecular weight is 226 g/mol. The molecule has 0 aliphatic heterocycles. The molecule has 0 saturated heterocycles. The van der Waals surface area contributed by atoms with Crippen molar-refractivity contribution < 1.29 is 4.79 Å². The molecular formula is C13H26N2O. The van der Waals surface area contributed by atoms with Crippen molar-refractivity contribution in [2.24, 2.45) is 11.7 Å². The molecule has 0 aromatic heterocycles. The third-order valence-corrected chi connectivity index (χ3v) is 3.23. The highest BCUT2D eigenvalue weighted by Gasteiger charge is 2.45. The van der Waals surface area contributed by atoms with E-state index in [4.69, 9.17) is 5.73 Å². The lowest BCUT2D eigenvalue weighted by atomic mass is 10.0. The number of hydrogen-bond acceptors (Lipinski definition) is 2. The predicted molar refractivity (Wildman–Crippen MR) is 67.1 cm³/mol. The summed E-state index contributed by atoms with van der Waals surface area (Å²) in [6.45, 7) is 5.31. The van der Waals surface area contributed by atoms with Gasteiger partial charge < -0.3 is 11.1 Å². The lowest BCUT2D eigenvalue weighted by Gasteiger charge is -2.09. The maximum absolute atomic E-state index is 11.5. The van der Waals surface area contributed by atoms with Crippen molar-refractivity contribution in [3.8, 4) is 0 Å². The van der Waals surface area contributed by atoms with Crippen LogP contribution in [0.25, 0.3) is 0 Å². The number of hydrogen-bond donors (Lipinski definition) is 2. The smallest absolute Gasteiger partial charge is 0.240 e. The summed E-state index contributed by atoms with van der Waals surface area (Å²) in [5.41, 5.74) is 5.27. The molecule has 0 aromatic carbocycles. The Labute approximate surface area is 99.2 Å². The van der Waals surface area contributed by atoms with Crippen LogP contribution in [0, 0.1) is 5.92 Å². The Morgan fingerprint density at radius 2 is 1.88 bits per heavy atom. The van der Waals surface area contributed by atoms with Crippen molar-refractivity contribution in [1.29, 1.82) is 0 Å². The Bertz CT molecular complexity index is 222. The summed E-state index contributed by atoms with van der Waals surface area (Å²) in [5.74, 6) is 0.862. The van der Waals surface area contributed by atoms with Crippen LogP contribution in [0.1, 0.15) is 58.8 Å². The van der Waals surface area contributed by atoms with E-state index >= 15 is 0 Å². The van der Waals surface area contributed by atoms with Crippen LogP contribution in [0.2, 0.25) is 0 Å². The van der Waals surface area contributed by atoms with Gasteiger partial charge in [0.2, 0.25) is 5.91 Å². The first kappa shape index (κ1) is 13.5. The average Bonchev–Trinajstić information content (AvgIpc) is 2.95. The van der Waals surface area contributed by atoms with Gasteiger partial charge in [0.15, 0.2) is 0 Å². The summed E-state index contributed by atoms with van der Waals surface area (Å²) in [4.78, 5) is 11.5. The largest absolute Gasteiger partial charge is 0.355 e. The van der Waals surface area contributed by atoms with E-state index in [2.05, 4.69) is 19.2 Å². The maximum Gasteiger partial charge on any atom is 0.240 e. The fraction of sp³-hybridized carbons (Fsp3) is 0.923. The summed E-state index contributed by atoms with van der Waals surface area (Å²) in [6.07, 6.45) is 7.91. The molecule has 94 valence electrons. The minimum atomic E-state index is -0.502. The molecule has 1 saturated carbocycles. The van der Waals surface area contributed by atoms with Gasteiger partial charge in [-0.2, -0.15) is 0 Å². The Balaban J connectivity index is 1.86. The molecule has 1 aliphatic rings. The van der Waals surface area contributed by atoms with Crippen molar-refractivity contribution in [1.82, 2.24) is 5.32 Å². The molecule has 3 nitrogen and oxygen atoms in total. The number of carbonyl (C=O) groups is 1. The molecule has 1 fully saturated rings. The minimum Gasteiger partial charge on any atom is -0.355 e. The molecule has 3 heteroatoms. The number of amides is 1. The van der Waals surface area contributed by atoms with Crippen LogP contribution in [-0.4, -0.2) is 18.0 Å². The van der Waals surface area contributed by atoms with Crippen molar-refractivity contribution >= 4 is 5.91 Å². The van der Waals surface area contributed by atoms with Gasteiger partial charge in [-0.25, -0.2) is 0 Å². The van der Waals surface area contributed by atoms with E-state index in [1.165, 1.54) is 25.7 Å². The first-order valence-corrected chi connectivity index (χ1v) is 6.62. The van der Waals surface area contributed by atoms with Gasteiger partial charge in [-0.1, -0.05) is 39.5 Å². The normalized spacial score (nSPS) is 17.5. The van der Waals surface area contributed by atoms with Crippen LogP contribution in [-0.2, 0) is 4.79 Å². The zero-order chi connectivity index (χ0) is 12.0. The number of rotatable bonds is 8. The Morgan fingerprint density at radius 3 is 2.44 bits per heavy atom. The standard InChI is InChI=1S/C13H26N2O/c1-11(2)7-5-3-4-6-10-15-12(16)13(14)8-9-13/h11H,3-10,14H2,1-2H3,(H,15,16). The molecule has 0 aromatic rings. The van der Waals surface area contributed by atoms with Crippen LogP contribution < -0.4 is 11.1 Å². The quantitative estimate of drug-likeness (QED) is 0.623. The van der Waals surface area contributed by atoms with Gasteiger partial charge >= 0.3 is 0 Å². The lowest BCUT2D eigenvalue weighted by molar-refractivity contribution is -0.123. The van der Waals surface area contributed by atoms with E-state index < -0.39 is 5.54 Å². The Hall–Kier alpha value is -0.570. The third-order valence-electron chi connectivity index (χ3n) is 3.23. The van der Waals surface area contributed by atoms with Crippen molar-refractivity contribution in [2.45, 2.75) is 64.3 Å². The van der Waals surface area contributed by atoms with E-state index in [0.717, 1.165) is 31.7 Å². The van der Waals surface area contributed by atoms with Crippen LogP contribution in [0.5, 0.6) is 0 Å². The predicted octanol–water partition coefficient (Wildman–Crippen LogP) is 2.20. The van der Waals surface area contributed by atoms with Crippen molar-refractivity contribution in [3.63, 3.8) is 0 Å². The number of nitrogens with two attached hydrogens (primary N) is 1. The highest BCUT2D eigenvalue weighted by molar-refractivity contribution is 5.88. The van der Waals surface area contributed by atoms with Crippen LogP contribution in [0.3, 0.4) is 0 Å². The van der Waals surface area contributed by atoms with Gasteiger partial charge in [0.1, 0.15) is 0 Å². The van der Waals surface area contributed by atoms with E-state index in [0.29, 0.717) is 0 Å². The van der Waals surface area contributed by atoms with Crippen molar-refractivity contribution in [3.05, 3.63) is 0 Å². The van der Waals surface area contributed by atoms with Crippen LogP contribution >= 0.6 is 0 Å². The highest BCUT2D eigenvalue weighted by atomic mass is 16.2. The molecule has 0 radical (unpaired) electrons. The summed E-state index contributed by atoms with van der Waals surface area (Å²) < 4.78 is 0. The van der Waals surface area contributed by atoms with Gasteiger partial charge in [0, 0.05) is 6.54 Å². The fourth-order valence-corrected chi connectivity index (χ4v) is 1.77. The number of carbonyl (C=O) groups excluding carboxylic acids is 1.